The second-order valence-corrected chi connectivity index (χ2v) is 5.10. The van der Waals surface area contributed by atoms with Gasteiger partial charge in [0.25, 0.3) is 0 Å². The van der Waals surface area contributed by atoms with Crippen molar-refractivity contribution < 1.29 is 0 Å². The third kappa shape index (κ3) is 3.09. The molecular weight excluding hydrogens is 304 g/mol. The van der Waals surface area contributed by atoms with Crippen LogP contribution in [0.1, 0.15) is 0 Å². The monoisotopic (exact) mass is 314 g/mol. The largest absolute Gasteiger partial charge is 0.337 e. The molecule has 1 heterocycles. The first kappa shape index (κ1) is 13.7. The number of para-hydroxylation sites is 1. The lowest BCUT2D eigenvalue weighted by Gasteiger charge is -2.11. The normalized spacial score (nSPS) is 10.3. The summed E-state index contributed by atoms with van der Waals surface area (Å²) in [6.45, 7) is 0. The minimum Gasteiger partial charge on any atom is -0.337 e. The summed E-state index contributed by atoms with van der Waals surface area (Å²) in [7, 11) is 0. The second-order valence-electron chi connectivity index (χ2n) is 4.31. The fraction of sp³-hybridized carbons (Fsp3) is 0. The van der Waals surface area contributed by atoms with Crippen LogP contribution in [0.5, 0.6) is 0 Å². The fourth-order valence-corrected chi connectivity index (χ4v) is 2.23. The van der Waals surface area contributed by atoms with E-state index in [2.05, 4.69) is 20.5 Å². The molecule has 104 valence electrons. The summed E-state index contributed by atoms with van der Waals surface area (Å²) in [5.74, 6) is 0.568. The Kier molecular flexibility index (Phi) is 3.94. The van der Waals surface area contributed by atoms with Crippen LogP contribution in [0, 0.1) is 4.77 Å². The molecule has 0 saturated carbocycles. The molecular formula is C15H11ClN4S. The van der Waals surface area contributed by atoms with E-state index in [1.807, 2.05) is 54.6 Å². The van der Waals surface area contributed by atoms with Gasteiger partial charge in [-0.1, -0.05) is 54.1 Å². The molecule has 3 aromatic rings. The van der Waals surface area contributed by atoms with Crippen molar-refractivity contribution in [3.8, 4) is 11.3 Å². The number of nitrogens with zero attached hydrogens (tertiary/aromatic N) is 2. The summed E-state index contributed by atoms with van der Waals surface area (Å²) in [6.07, 6.45) is 0. The Balaban J connectivity index is 2.08. The molecule has 0 unspecified atom stereocenters. The van der Waals surface area contributed by atoms with Gasteiger partial charge in [-0.3, -0.25) is 5.10 Å². The van der Waals surface area contributed by atoms with Gasteiger partial charge in [-0.05, 0) is 24.4 Å². The SMILES string of the molecule is S=c1nc(Nc2ccccc2Cl)c(-c2ccccc2)n[nH]1. The van der Waals surface area contributed by atoms with Crippen molar-refractivity contribution in [3.05, 3.63) is 64.4 Å². The van der Waals surface area contributed by atoms with Crippen molar-refractivity contribution in [1.29, 1.82) is 0 Å². The number of hydrogen-bond donors (Lipinski definition) is 2. The van der Waals surface area contributed by atoms with Crippen LogP contribution in [0.4, 0.5) is 11.5 Å². The van der Waals surface area contributed by atoms with E-state index in [9.17, 15) is 0 Å². The Labute approximate surface area is 131 Å². The van der Waals surface area contributed by atoms with E-state index in [0.717, 1.165) is 11.3 Å². The Bertz CT molecular complexity index is 817. The van der Waals surface area contributed by atoms with Gasteiger partial charge < -0.3 is 5.32 Å². The highest BCUT2D eigenvalue weighted by atomic mass is 35.5. The Hall–Kier alpha value is -2.24. The van der Waals surface area contributed by atoms with Gasteiger partial charge in [0.15, 0.2) is 5.82 Å². The minimum absolute atomic E-state index is 0.309. The molecule has 0 atom stereocenters. The first-order valence-corrected chi connectivity index (χ1v) is 7.06. The zero-order chi connectivity index (χ0) is 14.7. The van der Waals surface area contributed by atoms with Crippen molar-refractivity contribution in [3.63, 3.8) is 0 Å². The summed E-state index contributed by atoms with van der Waals surface area (Å²) in [4.78, 5) is 4.31. The van der Waals surface area contributed by atoms with E-state index < -0.39 is 0 Å². The first-order chi connectivity index (χ1) is 10.2. The van der Waals surface area contributed by atoms with Crippen LogP contribution in [0.3, 0.4) is 0 Å². The standard InChI is InChI=1S/C15H11ClN4S/c16-11-8-4-5-9-12(11)17-14-13(19-20-15(21)18-14)10-6-2-1-3-7-10/h1-9H,(H2,17,18,20,21). The number of anilines is 2. The molecule has 2 aromatic carbocycles. The van der Waals surface area contributed by atoms with Crippen LogP contribution < -0.4 is 5.32 Å². The van der Waals surface area contributed by atoms with Gasteiger partial charge in [0.05, 0.1) is 10.7 Å². The molecule has 21 heavy (non-hydrogen) atoms. The first-order valence-electron chi connectivity index (χ1n) is 6.28. The molecule has 0 amide bonds. The molecule has 0 spiro atoms. The topological polar surface area (TPSA) is 53.6 Å². The van der Waals surface area contributed by atoms with Crippen LogP contribution in [-0.2, 0) is 0 Å². The van der Waals surface area contributed by atoms with E-state index >= 15 is 0 Å². The molecule has 4 nitrogen and oxygen atoms in total. The van der Waals surface area contributed by atoms with Gasteiger partial charge >= 0.3 is 0 Å². The molecule has 0 fully saturated rings. The van der Waals surface area contributed by atoms with Gasteiger partial charge in [0, 0.05) is 5.56 Å². The van der Waals surface area contributed by atoms with Crippen LogP contribution in [0.25, 0.3) is 11.3 Å². The molecule has 2 N–H and O–H groups in total. The van der Waals surface area contributed by atoms with E-state index in [0.29, 0.717) is 21.3 Å². The molecule has 0 aliphatic rings. The van der Waals surface area contributed by atoms with Crippen molar-refractivity contribution in [2.45, 2.75) is 0 Å². The number of aromatic nitrogens is 3. The number of aromatic amines is 1. The molecule has 1 aromatic heterocycles. The van der Waals surface area contributed by atoms with Crippen LogP contribution in [-0.4, -0.2) is 15.2 Å². The molecule has 0 aliphatic heterocycles. The third-order valence-corrected chi connectivity index (χ3v) is 3.39. The highest BCUT2D eigenvalue weighted by Crippen LogP contribution is 2.29. The van der Waals surface area contributed by atoms with Crippen molar-refractivity contribution in [1.82, 2.24) is 15.2 Å². The highest BCUT2D eigenvalue weighted by Gasteiger charge is 2.10. The second kappa shape index (κ2) is 6.03. The zero-order valence-electron chi connectivity index (χ0n) is 10.9. The number of hydrogen-bond acceptors (Lipinski definition) is 4. The zero-order valence-corrected chi connectivity index (χ0v) is 12.4. The maximum Gasteiger partial charge on any atom is 0.215 e. The summed E-state index contributed by atoms with van der Waals surface area (Å²) in [5, 5.41) is 10.8. The van der Waals surface area contributed by atoms with E-state index in [1.54, 1.807) is 0 Å². The summed E-state index contributed by atoms with van der Waals surface area (Å²) in [6, 6.07) is 17.2. The molecule has 0 radical (unpaired) electrons. The van der Waals surface area contributed by atoms with Crippen molar-refractivity contribution in [2.75, 3.05) is 5.32 Å². The maximum absolute atomic E-state index is 6.17. The average molecular weight is 315 g/mol. The Morgan fingerprint density at radius 3 is 2.48 bits per heavy atom. The number of benzene rings is 2. The van der Waals surface area contributed by atoms with E-state index in [-0.39, 0.29) is 0 Å². The number of H-pyrrole nitrogens is 1. The predicted octanol–water partition coefficient (Wildman–Crippen LogP) is 4.60. The summed E-state index contributed by atoms with van der Waals surface area (Å²) in [5.41, 5.74) is 2.38. The predicted molar refractivity (Wildman–Crippen MR) is 87.4 cm³/mol. The van der Waals surface area contributed by atoms with Crippen LogP contribution in [0.15, 0.2) is 54.6 Å². The fourth-order valence-electron chi connectivity index (χ4n) is 1.91. The van der Waals surface area contributed by atoms with E-state index in [4.69, 9.17) is 23.8 Å². The summed E-state index contributed by atoms with van der Waals surface area (Å²) >= 11 is 11.2. The molecule has 0 aliphatic carbocycles. The van der Waals surface area contributed by atoms with Gasteiger partial charge in [-0.25, -0.2) is 0 Å². The number of halogens is 1. The van der Waals surface area contributed by atoms with Crippen LogP contribution in [0.2, 0.25) is 5.02 Å². The maximum atomic E-state index is 6.17. The average Bonchev–Trinajstić information content (AvgIpc) is 2.51. The summed E-state index contributed by atoms with van der Waals surface area (Å²) < 4.78 is 0.309. The molecule has 0 bridgehead atoms. The lowest BCUT2D eigenvalue weighted by atomic mass is 10.1. The Morgan fingerprint density at radius 1 is 1.00 bits per heavy atom. The quantitative estimate of drug-likeness (QED) is 0.694. The van der Waals surface area contributed by atoms with Gasteiger partial charge in [0.2, 0.25) is 4.77 Å². The van der Waals surface area contributed by atoms with Gasteiger partial charge in [-0.2, -0.15) is 10.1 Å². The molecule has 3 rings (SSSR count). The highest BCUT2D eigenvalue weighted by molar-refractivity contribution is 7.71. The van der Waals surface area contributed by atoms with E-state index in [1.165, 1.54) is 0 Å². The van der Waals surface area contributed by atoms with Gasteiger partial charge in [-0.15, -0.1) is 0 Å². The smallest absolute Gasteiger partial charge is 0.215 e. The van der Waals surface area contributed by atoms with Crippen molar-refractivity contribution >= 4 is 35.3 Å². The third-order valence-electron chi connectivity index (χ3n) is 2.88. The van der Waals surface area contributed by atoms with Crippen molar-refractivity contribution in [2.24, 2.45) is 0 Å². The van der Waals surface area contributed by atoms with Crippen LogP contribution >= 0.6 is 23.8 Å². The Morgan fingerprint density at radius 2 is 1.71 bits per heavy atom. The molecule has 0 saturated heterocycles. The number of rotatable bonds is 3. The molecule has 6 heteroatoms. The lowest BCUT2D eigenvalue weighted by molar-refractivity contribution is 0.960. The minimum atomic E-state index is 0.309. The van der Waals surface area contributed by atoms with Gasteiger partial charge in [0.1, 0.15) is 5.69 Å². The lowest BCUT2D eigenvalue weighted by Crippen LogP contribution is -2.01. The number of nitrogens with one attached hydrogen (secondary N) is 2.